The molecule has 0 saturated heterocycles. The summed E-state index contributed by atoms with van der Waals surface area (Å²) in [6.07, 6.45) is 3.67. The molecule has 2 N–H and O–H groups in total. The van der Waals surface area contributed by atoms with Crippen LogP contribution in [-0.4, -0.2) is 17.1 Å². The van der Waals surface area contributed by atoms with E-state index in [9.17, 15) is 0 Å². The second-order valence-electron chi connectivity index (χ2n) is 4.15. The first kappa shape index (κ1) is 13.1. The first-order chi connectivity index (χ1) is 7.67. The second kappa shape index (κ2) is 5.97. The maximum absolute atomic E-state index is 5.96. The molecule has 90 valence electrons. The Labute approximate surface area is 98.0 Å². The molecule has 0 aromatic carbocycles. The molecule has 0 spiro atoms. The topological polar surface area (TPSA) is 48.1 Å². The molecule has 1 rings (SSSR count). The van der Waals surface area contributed by atoms with E-state index in [0.29, 0.717) is 13.2 Å². The molecule has 0 atom stereocenters. The highest BCUT2D eigenvalue weighted by Crippen LogP contribution is 2.21. The zero-order valence-corrected chi connectivity index (χ0v) is 10.5. The predicted molar refractivity (Wildman–Crippen MR) is 66.1 cm³/mol. The van der Waals surface area contributed by atoms with Crippen LogP contribution in [0.3, 0.4) is 0 Å². The normalized spacial score (nSPS) is 11.8. The van der Waals surface area contributed by atoms with Crippen LogP contribution in [0.2, 0.25) is 0 Å². The third kappa shape index (κ3) is 3.03. The molecule has 3 heteroatoms. The van der Waals surface area contributed by atoms with Gasteiger partial charge in [0, 0.05) is 12.7 Å². The summed E-state index contributed by atoms with van der Waals surface area (Å²) in [5.74, 6) is 0. The van der Waals surface area contributed by atoms with Crippen LogP contribution in [0, 0.1) is 6.92 Å². The first-order valence-corrected chi connectivity index (χ1v) is 5.92. The fourth-order valence-electron chi connectivity index (χ4n) is 1.69. The van der Waals surface area contributed by atoms with Crippen molar-refractivity contribution in [3.8, 4) is 0 Å². The van der Waals surface area contributed by atoms with E-state index in [1.54, 1.807) is 6.20 Å². The van der Waals surface area contributed by atoms with E-state index in [1.807, 2.05) is 19.1 Å². The van der Waals surface area contributed by atoms with Gasteiger partial charge in [0.2, 0.25) is 0 Å². The maximum Gasteiger partial charge on any atom is 0.0898 e. The van der Waals surface area contributed by atoms with Gasteiger partial charge in [-0.2, -0.15) is 0 Å². The third-order valence-electron chi connectivity index (χ3n) is 3.29. The van der Waals surface area contributed by atoms with Crippen LogP contribution < -0.4 is 5.73 Å². The molecule has 0 fully saturated rings. The summed E-state index contributed by atoms with van der Waals surface area (Å²) in [5, 5.41) is 0. The average molecular weight is 222 g/mol. The molecule has 0 aliphatic heterocycles. The van der Waals surface area contributed by atoms with Crippen LogP contribution in [0.5, 0.6) is 0 Å². The monoisotopic (exact) mass is 222 g/mol. The largest absolute Gasteiger partial charge is 0.367 e. The minimum absolute atomic E-state index is 0.191. The molecule has 1 heterocycles. The van der Waals surface area contributed by atoms with Crippen LogP contribution in [-0.2, 0) is 11.3 Å². The van der Waals surface area contributed by atoms with Gasteiger partial charge in [-0.05, 0) is 31.4 Å². The summed E-state index contributed by atoms with van der Waals surface area (Å²) >= 11 is 0. The summed E-state index contributed by atoms with van der Waals surface area (Å²) in [6, 6.07) is 3.99. The zero-order chi connectivity index (χ0) is 12.0. The van der Waals surface area contributed by atoms with Crippen molar-refractivity contribution >= 4 is 0 Å². The van der Waals surface area contributed by atoms with Gasteiger partial charge in [0.15, 0.2) is 0 Å². The Morgan fingerprint density at radius 1 is 1.38 bits per heavy atom. The van der Waals surface area contributed by atoms with Gasteiger partial charge in [-0.1, -0.05) is 19.9 Å². The van der Waals surface area contributed by atoms with Gasteiger partial charge in [-0.25, -0.2) is 0 Å². The molecule has 0 aliphatic rings. The van der Waals surface area contributed by atoms with E-state index in [1.165, 1.54) is 5.56 Å². The number of ether oxygens (including phenoxy) is 1. The predicted octanol–water partition coefficient (Wildman–Crippen LogP) is 2.42. The highest BCUT2D eigenvalue weighted by molar-refractivity contribution is 5.16. The fraction of sp³-hybridized carbons (Fsp3) is 0.615. The molecular formula is C13H22N2O. The Kier molecular flexibility index (Phi) is 4.90. The van der Waals surface area contributed by atoms with Crippen LogP contribution in [0.1, 0.15) is 37.9 Å². The lowest BCUT2D eigenvalue weighted by atomic mass is 9.97. The van der Waals surface area contributed by atoms with Crippen molar-refractivity contribution in [2.75, 3.05) is 6.54 Å². The zero-order valence-electron chi connectivity index (χ0n) is 10.5. The van der Waals surface area contributed by atoms with Crippen LogP contribution >= 0.6 is 0 Å². The molecule has 0 aliphatic carbocycles. The third-order valence-corrected chi connectivity index (χ3v) is 3.29. The van der Waals surface area contributed by atoms with Gasteiger partial charge in [0.05, 0.1) is 17.9 Å². The molecule has 0 unspecified atom stereocenters. The first-order valence-electron chi connectivity index (χ1n) is 5.92. The molecule has 16 heavy (non-hydrogen) atoms. The molecule has 1 aromatic rings. The highest BCUT2D eigenvalue weighted by Gasteiger charge is 2.25. The van der Waals surface area contributed by atoms with Crippen molar-refractivity contribution in [2.24, 2.45) is 5.73 Å². The lowest BCUT2D eigenvalue weighted by Gasteiger charge is -2.30. The van der Waals surface area contributed by atoms with Crippen LogP contribution in [0.25, 0.3) is 0 Å². The van der Waals surface area contributed by atoms with Gasteiger partial charge >= 0.3 is 0 Å². The summed E-state index contributed by atoms with van der Waals surface area (Å²) in [4.78, 5) is 4.32. The number of pyridine rings is 1. The SMILES string of the molecule is CCC(CC)(CN)OCc1ncccc1C. The molecule has 0 radical (unpaired) electrons. The van der Waals surface area contributed by atoms with E-state index in [-0.39, 0.29) is 5.60 Å². The summed E-state index contributed by atoms with van der Waals surface area (Å²) < 4.78 is 5.96. The Hall–Kier alpha value is -0.930. The molecule has 3 nitrogen and oxygen atoms in total. The van der Waals surface area contributed by atoms with Gasteiger partial charge in [0.25, 0.3) is 0 Å². The van der Waals surface area contributed by atoms with Gasteiger partial charge < -0.3 is 10.5 Å². The average Bonchev–Trinajstić information content (AvgIpc) is 2.34. The second-order valence-corrected chi connectivity index (χ2v) is 4.15. The Bertz CT molecular complexity index is 313. The molecule has 0 amide bonds. The van der Waals surface area contributed by atoms with E-state index < -0.39 is 0 Å². The number of nitrogens with two attached hydrogens (primary N) is 1. The highest BCUT2D eigenvalue weighted by atomic mass is 16.5. The summed E-state index contributed by atoms with van der Waals surface area (Å²) in [6.45, 7) is 7.38. The van der Waals surface area contributed by atoms with Gasteiger partial charge in [0.1, 0.15) is 0 Å². The standard InChI is InChI=1S/C13H22N2O/c1-4-13(5-2,10-14)16-9-12-11(3)7-6-8-15-12/h6-8H,4-5,9-10,14H2,1-3H3. The minimum Gasteiger partial charge on any atom is -0.367 e. The smallest absolute Gasteiger partial charge is 0.0898 e. The van der Waals surface area contributed by atoms with E-state index in [4.69, 9.17) is 10.5 Å². The Morgan fingerprint density at radius 2 is 2.06 bits per heavy atom. The number of hydrogen-bond donors (Lipinski definition) is 1. The van der Waals surface area contributed by atoms with E-state index >= 15 is 0 Å². The Morgan fingerprint density at radius 3 is 2.56 bits per heavy atom. The van der Waals surface area contributed by atoms with Crippen molar-refractivity contribution in [1.82, 2.24) is 4.98 Å². The number of hydrogen-bond acceptors (Lipinski definition) is 3. The maximum atomic E-state index is 5.96. The summed E-state index contributed by atoms with van der Waals surface area (Å²) in [5.41, 5.74) is 7.76. The van der Waals surface area contributed by atoms with Gasteiger partial charge in [-0.15, -0.1) is 0 Å². The lowest BCUT2D eigenvalue weighted by Crippen LogP contribution is -2.39. The molecule has 0 bridgehead atoms. The number of aromatic nitrogens is 1. The number of aryl methyl sites for hydroxylation is 1. The van der Waals surface area contributed by atoms with Crippen molar-refractivity contribution in [2.45, 2.75) is 45.8 Å². The van der Waals surface area contributed by atoms with Crippen molar-refractivity contribution in [3.05, 3.63) is 29.6 Å². The quantitative estimate of drug-likeness (QED) is 0.804. The Balaban J connectivity index is 2.66. The van der Waals surface area contributed by atoms with Crippen molar-refractivity contribution in [1.29, 1.82) is 0 Å². The van der Waals surface area contributed by atoms with Crippen LogP contribution in [0.15, 0.2) is 18.3 Å². The minimum atomic E-state index is -0.191. The molecule has 0 saturated carbocycles. The van der Waals surface area contributed by atoms with E-state index in [2.05, 4.69) is 18.8 Å². The van der Waals surface area contributed by atoms with Crippen molar-refractivity contribution < 1.29 is 4.74 Å². The van der Waals surface area contributed by atoms with Gasteiger partial charge in [-0.3, -0.25) is 4.98 Å². The molecule has 1 aromatic heterocycles. The van der Waals surface area contributed by atoms with Crippen LogP contribution in [0.4, 0.5) is 0 Å². The fourth-order valence-corrected chi connectivity index (χ4v) is 1.69. The summed E-state index contributed by atoms with van der Waals surface area (Å²) in [7, 11) is 0. The molecular weight excluding hydrogens is 200 g/mol. The number of rotatable bonds is 6. The lowest BCUT2D eigenvalue weighted by molar-refractivity contribution is -0.0567. The van der Waals surface area contributed by atoms with E-state index in [0.717, 1.165) is 18.5 Å². The number of nitrogens with zero attached hydrogens (tertiary/aromatic N) is 1. The van der Waals surface area contributed by atoms with Crippen molar-refractivity contribution in [3.63, 3.8) is 0 Å².